The number of unbranched alkanes of at least 4 members (excludes halogenated alkanes) is 7. The second-order valence-electron chi connectivity index (χ2n) is 11.8. The third-order valence-electron chi connectivity index (χ3n) is 7.93. The first-order valence-electron chi connectivity index (χ1n) is 15.3. The van der Waals surface area contributed by atoms with Gasteiger partial charge in [-0.05, 0) is 64.3 Å². The number of nitrogens with one attached hydrogen (secondary N) is 1. The van der Waals surface area contributed by atoms with E-state index in [2.05, 4.69) is 26.1 Å². The monoisotopic (exact) mass is 610 g/mol. The van der Waals surface area contributed by atoms with Crippen molar-refractivity contribution in [2.45, 2.75) is 126 Å². The number of nitrogens with zero attached hydrogens (tertiary/aromatic N) is 1. The van der Waals surface area contributed by atoms with Crippen molar-refractivity contribution in [2.24, 2.45) is 0 Å². The molecule has 0 aromatic heterocycles. The maximum atomic E-state index is 12.3. The number of thioether (sulfide) groups is 1. The lowest BCUT2D eigenvalue weighted by Crippen LogP contribution is -2.70. The van der Waals surface area contributed by atoms with Gasteiger partial charge in [0.25, 0.3) is 0 Å². The van der Waals surface area contributed by atoms with E-state index < -0.39 is 27.9 Å². The minimum absolute atomic E-state index is 0.0229. The number of carboxylic acid groups (broad SMARTS) is 1. The molecule has 10 heteroatoms. The summed E-state index contributed by atoms with van der Waals surface area (Å²) in [5.41, 5.74) is 1.17. The van der Waals surface area contributed by atoms with E-state index in [1.807, 2.05) is 32.0 Å². The fourth-order valence-corrected chi connectivity index (χ4v) is 8.47. The predicted octanol–water partition coefficient (Wildman–Crippen LogP) is 5.74. The lowest BCUT2D eigenvalue weighted by Gasteiger charge is -2.43. The quantitative estimate of drug-likeness (QED) is 0.139. The smallest absolute Gasteiger partial charge is 0.327 e. The topological polar surface area (TPSA) is 111 Å². The van der Waals surface area contributed by atoms with Gasteiger partial charge in [0, 0.05) is 11.2 Å². The molecule has 4 rings (SSSR count). The number of carboxylic acids is 1. The Labute approximate surface area is 253 Å². The van der Waals surface area contributed by atoms with Crippen molar-refractivity contribution in [1.82, 2.24) is 10.2 Å². The summed E-state index contributed by atoms with van der Waals surface area (Å²) in [4.78, 5) is 25.0. The summed E-state index contributed by atoms with van der Waals surface area (Å²) in [5.74, 6) is 1.48. The number of aliphatic carboxylic acids is 1. The summed E-state index contributed by atoms with van der Waals surface area (Å²) in [6.45, 7) is 11.4. The minimum atomic E-state index is -0.905. The highest BCUT2D eigenvalue weighted by Gasteiger charge is 2.63. The Morgan fingerprint density at radius 3 is 2.49 bits per heavy atom. The van der Waals surface area contributed by atoms with Crippen LogP contribution in [0, 0.1) is 0 Å². The molecule has 1 amide bonds. The van der Waals surface area contributed by atoms with Crippen LogP contribution in [0.5, 0.6) is 11.5 Å². The minimum Gasteiger partial charge on any atom is -0.616 e. The summed E-state index contributed by atoms with van der Waals surface area (Å²) in [6, 6.07) is 5.10. The van der Waals surface area contributed by atoms with Gasteiger partial charge in [-0.3, -0.25) is 4.79 Å². The fourth-order valence-electron chi connectivity index (χ4n) is 5.55. The lowest BCUT2D eigenvalue weighted by molar-refractivity contribution is -0.160. The molecular weight excluding hydrogens is 560 g/mol. The summed E-state index contributed by atoms with van der Waals surface area (Å²) in [6.07, 6.45) is 11.7. The first kappa shape index (κ1) is 33.9. The molecule has 41 heavy (non-hydrogen) atoms. The highest BCUT2D eigenvalue weighted by molar-refractivity contribution is 8.01. The molecule has 3 heterocycles. The molecule has 0 saturated carbocycles. The van der Waals surface area contributed by atoms with E-state index in [9.17, 15) is 19.2 Å². The number of ether oxygens (including phenoxy) is 2. The normalized spacial score (nSPS) is 23.3. The van der Waals surface area contributed by atoms with Crippen LogP contribution in [0.2, 0.25) is 0 Å². The van der Waals surface area contributed by atoms with E-state index in [4.69, 9.17) is 9.47 Å². The van der Waals surface area contributed by atoms with Gasteiger partial charge in [-0.2, -0.15) is 0 Å². The number of amides is 1. The molecule has 1 aromatic rings. The van der Waals surface area contributed by atoms with Gasteiger partial charge in [0.15, 0.2) is 11.5 Å². The van der Waals surface area contributed by atoms with E-state index >= 15 is 0 Å². The summed E-state index contributed by atoms with van der Waals surface area (Å²) < 4.78 is 22.6. The fraction of sp³-hybridized carbons (Fsp3) is 0.742. The maximum Gasteiger partial charge on any atom is 0.327 e. The standard InChI is InChI=1S/C18H28O3S.C13H22N2O3S/c1-3-4-5-6-7-8-11-22(19)15(2)12-16-9-10-17-18(13-16)21-14-20-17;1-4-5-6-7-14-8-10(16)15-9(12(17)18)13(2,3)19-11(8)15/h9-10,13,15H,3-8,11-12,14H2,1-2H3;8-9,11,14H,4-7H2,1-3H3,(H,17,18)/t;8?,9?,11-/m.1/s1. The van der Waals surface area contributed by atoms with Gasteiger partial charge in [-0.25, -0.2) is 4.79 Å². The number of β-lactam (4-membered cyclic amide) rings is 1. The number of hydrogen-bond donors (Lipinski definition) is 2. The van der Waals surface area contributed by atoms with Crippen LogP contribution in [0.3, 0.4) is 0 Å². The molecule has 1 aromatic carbocycles. The van der Waals surface area contributed by atoms with Crippen molar-refractivity contribution >= 4 is 34.8 Å². The predicted molar refractivity (Wildman–Crippen MR) is 167 cm³/mol. The maximum absolute atomic E-state index is 12.3. The summed E-state index contributed by atoms with van der Waals surface area (Å²) in [7, 11) is 0. The van der Waals surface area contributed by atoms with Crippen molar-refractivity contribution in [1.29, 1.82) is 0 Å². The van der Waals surface area contributed by atoms with Gasteiger partial charge in [-0.15, -0.1) is 11.8 Å². The SMILES string of the molecule is CCCCCCCC[S+]([O-])C(C)Cc1ccc2c(c1)OCO2.CCCCCNC1C(=O)N2C(C(=O)O)C(C)(C)S[C@H]12. The third kappa shape index (κ3) is 9.18. The molecule has 232 valence electrons. The first-order valence-corrected chi connectivity index (χ1v) is 17.6. The van der Waals surface area contributed by atoms with Crippen LogP contribution in [0.25, 0.3) is 0 Å². The Hall–Kier alpha value is -1.62. The number of fused-ring (bicyclic) bond motifs is 2. The zero-order valence-electron chi connectivity index (χ0n) is 25.5. The van der Waals surface area contributed by atoms with Crippen molar-refractivity contribution in [3.8, 4) is 11.5 Å². The molecule has 0 bridgehead atoms. The third-order valence-corrected chi connectivity index (χ3v) is 11.3. The number of rotatable bonds is 16. The van der Waals surface area contributed by atoms with Crippen molar-refractivity contribution < 1.29 is 28.7 Å². The lowest BCUT2D eigenvalue weighted by atomic mass is 9.96. The Morgan fingerprint density at radius 1 is 1.12 bits per heavy atom. The highest BCUT2D eigenvalue weighted by atomic mass is 32.2. The molecule has 8 nitrogen and oxygen atoms in total. The van der Waals surface area contributed by atoms with Crippen LogP contribution in [-0.2, 0) is 27.2 Å². The van der Waals surface area contributed by atoms with E-state index in [1.165, 1.54) is 42.6 Å². The van der Waals surface area contributed by atoms with Crippen molar-refractivity contribution in [3.05, 3.63) is 23.8 Å². The van der Waals surface area contributed by atoms with E-state index in [-0.39, 0.29) is 22.6 Å². The Morgan fingerprint density at radius 2 is 1.78 bits per heavy atom. The highest BCUT2D eigenvalue weighted by Crippen LogP contribution is 2.50. The van der Waals surface area contributed by atoms with Crippen LogP contribution in [0.4, 0.5) is 0 Å². The molecule has 0 aliphatic carbocycles. The largest absolute Gasteiger partial charge is 0.616 e. The van der Waals surface area contributed by atoms with Crippen molar-refractivity contribution in [2.75, 3.05) is 19.1 Å². The van der Waals surface area contributed by atoms with Crippen LogP contribution in [0.15, 0.2) is 18.2 Å². The molecule has 3 aliphatic heterocycles. The Bertz CT molecular complexity index is 993. The average Bonchev–Trinajstić information content (AvgIpc) is 3.50. The van der Waals surface area contributed by atoms with E-state index in [0.29, 0.717) is 6.79 Å². The zero-order valence-corrected chi connectivity index (χ0v) is 27.1. The molecular formula is C31H50N2O6S2. The number of carbonyl (C=O) groups excluding carboxylic acids is 1. The van der Waals surface area contributed by atoms with Gasteiger partial charge in [0.2, 0.25) is 12.7 Å². The van der Waals surface area contributed by atoms with Crippen LogP contribution >= 0.6 is 11.8 Å². The van der Waals surface area contributed by atoms with Gasteiger partial charge < -0.3 is 29.3 Å². The first-order chi connectivity index (χ1) is 19.6. The molecule has 0 radical (unpaired) electrons. The van der Waals surface area contributed by atoms with Gasteiger partial charge >= 0.3 is 5.97 Å². The Balaban J connectivity index is 0.000000228. The molecule has 2 fully saturated rings. The average molecular weight is 611 g/mol. The van der Waals surface area contributed by atoms with E-state index in [0.717, 1.165) is 55.9 Å². The van der Waals surface area contributed by atoms with Gasteiger partial charge in [0.05, 0.1) is 0 Å². The molecule has 5 atom stereocenters. The van der Waals surface area contributed by atoms with Gasteiger partial charge in [0.1, 0.15) is 28.5 Å². The van der Waals surface area contributed by atoms with Crippen LogP contribution < -0.4 is 14.8 Å². The van der Waals surface area contributed by atoms with Gasteiger partial charge in [-0.1, -0.05) is 69.6 Å². The Kier molecular flexibility index (Phi) is 13.5. The number of benzene rings is 1. The zero-order chi connectivity index (χ0) is 30.0. The number of hydrogen-bond acceptors (Lipinski definition) is 7. The molecule has 2 N–H and O–H groups in total. The number of carbonyl (C=O) groups is 2. The molecule has 4 unspecified atom stereocenters. The molecule has 2 saturated heterocycles. The van der Waals surface area contributed by atoms with Crippen LogP contribution in [0.1, 0.15) is 98.0 Å². The second-order valence-corrected chi connectivity index (χ2v) is 15.5. The van der Waals surface area contributed by atoms with Crippen molar-refractivity contribution in [3.63, 3.8) is 0 Å². The molecule has 3 aliphatic rings. The van der Waals surface area contributed by atoms with Crippen LogP contribution in [-0.4, -0.2) is 73.0 Å². The molecule has 0 spiro atoms. The summed E-state index contributed by atoms with van der Waals surface area (Å²) >= 11 is 0.849. The summed E-state index contributed by atoms with van der Waals surface area (Å²) in [5, 5.41) is 12.7. The van der Waals surface area contributed by atoms with E-state index in [1.54, 1.807) is 11.8 Å². The second kappa shape index (κ2) is 16.3.